The number of amides is 1. The van der Waals surface area contributed by atoms with Crippen LogP contribution in [0.25, 0.3) is 0 Å². The van der Waals surface area contributed by atoms with Crippen LogP contribution >= 0.6 is 11.8 Å². The van der Waals surface area contributed by atoms with Crippen LogP contribution < -0.4 is 19.5 Å². The Morgan fingerprint density at radius 2 is 1.82 bits per heavy atom. The Labute approximate surface area is 168 Å². The van der Waals surface area contributed by atoms with E-state index in [1.807, 2.05) is 30.5 Å². The number of thioether (sulfide) groups is 1. The summed E-state index contributed by atoms with van der Waals surface area (Å²) >= 11 is 1.57. The number of hydrogen-bond donors (Lipinski definition) is 1. The van der Waals surface area contributed by atoms with Gasteiger partial charge in [0.25, 0.3) is 5.91 Å². The molecule has 1 amide bonds. The first-order valence-electron chi connectivity index (χ1n) is 8.58. The predicted octanol–water partition coefficient (Wildman–Crippen LogP) is 3.57. The average Bonchev–Trinajstić information content (AvgIpc) is 3.23. The van der Waals surface area contributed by atoms with Gasteiger partial charge in [-0.2, -0.15) is 0 Å². The second-order valence-corrected chi connectivity index (χ2v) is 6.79. The molecule has 2 aromatic carbocycles. The molecule has 1 atom stereocenters. The lowest BCUT2D eigenvalue weighted by Crippen LogP contribution is -2.28. The van der Waals surface area contributed by atoms with E-state index in [1.165, 1.54) is 0 Å². The zero-order chi connectivity index (χ0) is 20.1. The number of carbonyl (C=O) groups excluding carboxylic acids is 1. The Bertz CT molecular complexity index is 875. The van der Waals surface area contributed by atoms with Crippen molar-refractivity contribution in [2.24, 2.45) is 5.16 Å². The number of para-hydroxylation sites is 1. The smallest absolute Gasteiger partial charge is 0.268 e. The minimum absolute atomic E-state index is 0.243. The molecule has 1 aliphatic heterocycles. The molecule has 0 spiro atoms. The van der Waals surface area contributed by atoms with Crippen molar-refractivity contribution in [1.29, 1.82) is 0 Å². The predicted molar refractivity (Wildman–Crippen MR) is 109 cm³/mol. The Kier molecular flexibility index (Phi) is 6.30. The molecule has 0 bridgehead atoms. The van der Waals surface area contributed by atoms with E-state index in [0.29, 0.717) is 29.4 Å². The summed E-state index contributed by atoms with van der Waals surface area (Å²) in [4.78, 5) is 19.0. The van der Waals surface area contributed by atoms with Crippen LogP contribution in [0.5, 0.6) is 17.2 Å². The molecule has 1 aliphatic rings. The van der Waals surface area contributed by atoms with Crippen LogP contribution in [0, 0.1) is 0 Å². The fourth-order valence-corrected chi connectivity index (χ4v) is 3.45. The zero-order valence-electron chi connectivity index (χ0n) is 16.1. The van der Waals surface area contributed by atoms with Crippen molar-refractivity contribution in [1.82, 2.24) is 0 Å². The molecular formula is C20H22N2O5S. The molecule has 0 aromatic heterocycles. The van der Waals surface area contributed by atoms with E-state index in [-0.39, 0.29) is 5.91 Å². The molecule has 1 unspecified atom stereocenters. The quantitative estimate of drug-likeness (QED) is 0.714. The van der Waals surface area contributed by atoms with Crippen LogP contribution in [0.15, 0.2) is 46.4 Å². The average molecular weight is 402 g/mol. The van der Waals surface area contributed by atoms with Crippen molar-refractivity contribution >= 4 is 29.1 Å². The lowest BCUT2D eigenvalue weighted by molar-refractivity contribution is -0.125. The molecule has 0 saturated heterocycles. The number of carbonyl (C=O) groups is 1. The standard InChI is InChI=1S/C20H22N2O5S/c1-24-15-9-12(10-16(25-2)19(15)26-3)14-11-17(27-22-14)20(23)21-13-7-5-6-8-18(13)28-4/h5-10,17H,11H2,1-4H3,(H,21,23). The molecule has 8 heteroatoms. The van der Waals surface area contributed by atoms with Gasteiger partial charge in [0.2, 0.25) is 11.9 Å². The fraction of sp³-hybridized carbons (Fsp3) is 0.300. The third-order valence-electron chi connectivity index (χ3n) is 4.32. The van der Waals surface area contributed by atoms with Gasteiger partial charge in [0.05, 0.1) is 32.7 Å². The van der Waals surface area contributed by atoms with Gasteiger partial charge in [-0.25, -0.2) is 0 Å². The van der Waals surface area contributed by atoms with Gasteiger partial charge in [-0.15, -0.1) is 11.8 Å². The van der Waals surface area contributed by atoms with Crippen molar-refractivity contribution in [2.75, 3.05) is 32.9 Å². The van der Waals surface area contributed by atoms with Gasteiger partial charge in [0.1, 0.15) is 0 Å². The number of nitrogens with zero attached hydrogens (tertiary/aromatic N) is 1. The third kappa shape index (κ3) is 4.01. The first kappa shape index (κ1) is 19.9. The van der Waals surface area contributed by atoms with Crippen LogP contribution in [-0.4, -0.2) is 45.3 Å². The Hall–Kier alpha value is -2.87. The lowest BCUT2D eigenvalue weighted by atomic mass is 10.0. The Balaban J connectivity index is 1.75. The molecular weight excluding hydrogens is 380 g/mol. The molecule has 0 radical (unpaired) electrons. The summed E-state index contributed by atoms with van der Waals surface area (Å²) < 4.78 is 16.1. The maximum atomic E-state index is 12.6. The molecule has 1 N–H and O–H groups in total. The highest BCUT2D eigenvalue weighted by molar-refractivity contribution is 7.98. The molecule has 28 heavy (non-hydrogen) atoms. The molecule has 148 valence electrons. The minimum atomic E-state index is -0.705. The van der Waals surface area contributed by atoms with Crippen LogP contribution in [0.1, 0.15) is 12.0 Å². The highest BCUT2D eigenvalue weighted by Gasteiger charge is 2.30. The van der Waals surface area contributed by atoms with Gasteiger partial charge >= 0.3 is 0 Å². The normalized spacial score (nSPS) is 15.4. The first-order chi connectivity index (χ1) is 13.6. The van der Waals surface area contributed by atoms with E-state index in [9.17, 15) is 4.79 Å². The van der Waals surface area contributed by atoms with Crippen LogP contribution in [-0.2, 0) is 9.63 Å². The number of benzene rings is 2. The van der Waals surface area contributed by atoms with Crippen LogP contribution in [0.3, 0.4) is 0 Å². The van der Waals surface area contributed by atoms with Crippen LogP contribution in [0.2, 0.25) is 0 Å². The number of rotatable bonds is 7. The summed E-state index contributed by atoms with van der Waals surface area (Å²) in [5, 5.41) is 7.01. The highest BCUT2D eigenvalue weighted by atomic mass is 32.2. The monoisotopic (exact) mass is 402 g/mol. The summed E-state index contributed by atoms with van der Waals surface area (Å²) in [6.45, 7) is 0. The number of nitrogens with one attached hydrogen (secondary N) is 1. The number of methoxy groups -OCH3 is 3. The third-order valence-corrected chi connectivity index (χ3v) is 5.12. The first-order valence-corrected chi connectivity index (χ1v) is 9.80. The van der Waals surface area contributed by atoms with Crippen molar-refractivity contribution in [2.45, 2.75) is 17.4 Å². The Morgan fingerprint density at radius 1 is 1.14 bits per heavy atom. The molecule has 7 nitrogen and oxygen atoms in total. The summed E-state index contributed by atoms with van der Waals surface area (Å²) in [5.41, 5.74) is 2.14. The van der Waals surface area contributed by atoms with Gasteiger partial charge in [-0.3, -0.25) is 4.79 Å². The SMILES string of the molecule is COc1cc(C2=NOC(C(=O)Nc3ccccc3SC)C2)cc(OC)c1OC. The Morgan fingerprint density at radius 3 is 2.43 bits per heavy atom. The maximum Gasteiger partial charge on any atom is 0.268 e. The minimum Gasteiger partial charge on any atom is -0.493 e. The van der Waals surface area contributed by atoms with Gasteiger partial charge in [0.15, 0.2) is 11.5 Å². The van der Waals surface area contributed by atoms with E-state index in [2.05, 4.69) is 10.5 Å². The summed E-state index contributed by atoms with van der Waals surface area (Å²) in [6.07, 6.45) is 1.60. The second kappa shape index (κ2) is 8.88. The van der Waals surface area contributed by atoms with E-state index in [0.717, 1.165) is 16.1 Å². The molecule has 3 rings (SSSR count). The van der Waals surface area contributed by atoms with Crippen molar-refractivity contribution in [3.05, 3.63) is 42.0 Å². The van der Waals surface area contributed by atoms with Crippen molar-refractivity contribution in [3.8, 4) is 17.2 Å². The molecule has 1 heterocycles. The van der Waals surface area contributed by atoms with E-state index < -0.39 is 6.10 Å². The van der Waals surface area contributed by atoms with Gasteiger partial charge in [-0.05, 0) is 30.5 Å². The summed E-state index contributed by atoms with van der Waals surface area (Å²) in [7, 11) is 4.64. The largest absolute Gasteiger partial charge is 0.493 e. The molecule has 2 aromatic rings. The van der Waals surface area contributed by atoms with E-state index in [1.54, 1.807) is 45.2 Å². The molecule has 0 saturated carbocycles. The van der Waals surface area contributed by atoms with Crippen LogP contribution in [0.4, 0.5) is 5.69 Å². The number of oxime groups is 1. The zero-order valence-corrected chi connectivity index (χ0v) is 17.0. The number of ether oxygens (including phenoxy) is 3. The van der Waals surface area contributed by atoms with Crippen molar-refractivity contribution in [3.63, 3.8) is 0 Å². The second-order valence-electron chi connectivity index (χ2n) is 5.94. The molecule has 0 fully saturated rings. The maximum absolute atomic E-state index is 12.6. The topological polar surface area (TPSA) is 78.4 Å². The summed E-state index contributed by atoms with van der Waals surface area (Å²) in [5.74, 6) is 1.28. The number of hydrogen-bond acceptors (Lipinski definition) is 7. The molecule has 0 aliphatic carbocycles. The van der Waals surface area contributed by atoms with E-state index in [4.69, 9.17) is 19.0 Å². The van der Waals surface area contributed by atoms with Crippen molar-refractivity contribution < 1.29 is 23.8 Å². The van der Waals surface area contributed by atoms with Gasteiger partial charge < -0.3 is 24.4 Å². The van der Waals surface area contributed by atoms with Gasteiger partial charge in [-0.1, -0.05) is 17.3 Å². The highest BCUT2D eigenvalue weighted by Crippen LogP contribution is 2.39. The fourth-order valence-electron chi connectivity index (χ4n) is 2.90. The van der Waals surface area contributed by atoms with Gasteiger partial charge in [0, 0.05) is 16.9 Å². The summed E-state index contributed by atoms with van der Waals surface area (Å²) in [6, 6.07) is 11.2. The van der Waals surface area contributed by atoms with E-state index >= 15 is 0 Å². The lowest BCUT2D eigenvalue weighted by Gasteiger charge is -2.14. The number of anilines is 1.